The van der Waals surface area contributed by atoms with E-state index in [4.69, 9.17) is 4.74 Å². The Morgan fingerprint density at radius 2 is 1.78 bits per heavy atom. The molecule has 2 aliphatic heterocycles. The quantitative estimate of drug-likeness (QED) is 0.591. The topological polar surface area (TPSA) is 53.6 Å². The van der Waals surface area contributed by atoms with Crippen LogP contribution in [0.5, 0.6) is 5.75 Å². The van der Waals surface area contributed by atoms with Gasteiger partial charge in [0.2, 0.25) is 0 Å². The Balaban J connectivity index is 1.19. The largest absolute Gasteiger partial charge is 0.490 e. The van der Waals surface area contributed by atoms with Crippen molar-refractivity contribution < 1.29 is 9.53 Å². The van der Waals surface area contributed by atoms with Gasteiger partial charge in [-0.05, 0) is 74.6 Å². The van der Waals surface area contributed by atoms with Gasteiger partial charge in [-0.25, -0.2) is 0 Å². The molecule has 2 aromatic carbocycles. The summed E-state index contributed by atoms with van der Waals surface area (Å²) in [6, 6.07) is 17.3. The third kappa shape index (κ3) is 4.92. The molecule has 0 unspecified atom stereocenters. The van der Waals surface area contributed by atoms with Gasteiger partial charge in [-0.2, -0.15) is 0 Å². The predicted octanol–water partition coefficient (Wildman–Crippen LogP) is 4.74. The van der Waals surface area contributed by atoms with Crippen molar-refractivity contribution >= 4 is 33.0 Å². The monoisotopic (exact) mass is 449 g/mol. The second-order valence-corrected chi connectivity index (χ2v) is 10.0. The molecule has 32 heavy (non-hydrogen) atoms. The van der Waals surface area contributed by atoms with Gasteiger partial charge in [0.25, 0.3) is 5.91 Å². The lowest BCUT2D eigenvalue weighted by atomic mass is 10.1. The third-order valence-corrected chi connectivity index (χ3v) is 7.64. The van der Waals surface area contributed by atoms with Gasteiger partial charge < -0.3 is 20.3 Å². The van der Waals surface area contributed by atoms with Crippen LogP contribution in [0.1, 0.15) is 40.9 Å². The van der Waals surface area contributed by atoms with Gasteiger partial charge in [0.15, 0.2) is 0 Å². The van der Waals surface area contributed by atoms with Gasteiger partial charge >= 0.3 is 0 Å². The van der Waals surface area contributed by atoms with Crippen LogP contribution in [0.3, 0.4) is 0 Å². The van der Waals surface area contributed by atoms with E-state index in [2.05, 4.69) is 58.9 Å². The van der Waals surface area contributed by atoms with Gasteiger partial charge in [0.1, 0.15) is 11.9 Å². The molecule has 5 nitrogen and oxygen atoms in total. The molecule has 168 valence electrons. The normalized spacial score (nSPS) is 18.1. The molecule has 6 heteroatoms. The van der Waals surface area contributed by atoms with Crippen LogP contribution in [0, 0.1) is 6.92 Å². The highest BCUT2D eigenvalue weighted by molar-refractivity contribution is 7.20. The van der Waals surface area contributed by atoms with Gasteiger partial charge in [-0.3, -0.25) is 4.79 Å². The van der Waals surface area contributed by atoms with Crippen molar-refractivity contribution in [3.8, 4) is 5.75 Å². The van der Waals surface area contributed by atoms with Crippen LogP contribution in [-0.2, 0) is 0 Å². The van der Waals surface area contributed by atoms with Gasteiger partial charge in [0, 0.05) is 42.4 Å². The minimum absolute atomic E-state index is 0.0454. The average Bonchev–Trinajstić information content (AvgIpc) is 3.25. The number of aryl methyl sites for hydroxylation is 1. The fourth-order valence-corrected chi connectivity index (χ4v) is 5.56. The Labute approximate surface area is 193 Å². The number of fused-ring (bicyclic) bond motifs is 1. The maximum absolute atomic E-state index is 12.7. The predicted molar refractivity (Wildman–Crippen MR) is 132 cm³/mol. The van der Waals surface area contributed by atoms with Gasteiger partial charge in [-0.15, -0.1) is 11.3 Å². The second kappa shape index (κ2) is 9.51. The summed E-state index contributed by atoms with van der Waals surface area (Å²) in [7, 11) is 0. The number of thiophene rings is 1. The summed E-state index contributed by atoms with van der Waals surface area (Å²) in [6.07, 6.45) is 4.25. The lowest BCUT2D eigenvalue weighted by Gasteiger charge is -2.33. The molecular formula is C26H31N3O2S. The number of hydrogen-bond donors (Lipinski definition) is 2. The Morgan fingerprint density at radius 1 is 1.03 bits per heavy atom. The number of anilines is 1. The van der Waals surface area contributed by atoms with Crippen LogP contribution < -0.4 is 20.3 Å². The standard InChI is InChI=1S/C26H31N3O2S/c1-18-2-4-21(5-3-18)29-14-10-22(11-15-29)31-23-6-7-24-19(16-23)17-25(32-24)26(30)28-20-8-12-27-13-9-20/h2-7,16-17,20,22,27H,8-15H2,1H3,(H,28,30). The molecule has 5 rings (SSSR count). The fourth-order valence-electron chi connectivity index (χ4n) is 4.61. The van der Waals surface area contributed by atoms with E-state index in [0.29, 0.717) is 0 Å². The van der Waals surface area contributed by atoms with E-state index in [-0.39, 0.29) is 18.1 Å². The Hall–Kier alpha value is -2.57. The lowest BCUT2D eigenvalue weighted by molar-refractivity contribution is 0.0933. The van der Waals surface area contributed by atoms with E-state index in [0.717, 1.165) is 72.6 Å². The molecular weight excluding hydrogens is 418 g/mol. The first-order valence-electron chi connectivity index (χ1n) is 11.7. The molecule has 0 aliphatic carbocycles. The van der Waals surface area contributed by atoms with Crippen LogP contribution in [0.15, 0.2) is 48.5 Å². The van der Waals surface area contributed by atoms with Crippen molar-refractivity contribution in [1.82, 2.24) is 10.6 Å². The number of nitrogens with zero attached hydrogens (tertiary/aromatic N) is 1. The maximum atomic E-state index is 12.7. The van der Waals surface area contributed by atoms with Crippen molar-refractivity contribution in [3.63, 3.8) is 0 Å². The van der Waals surface area contributed by atoms with E-state index in [9.17, 15) is 4.79 Å². The first kappa shape index (κ1) is 21.3. The Kier molecular flexibility index (Phi) is 6.32. The number of benzene rings is 2. The number of piperidine rings is 2. The second-order valence-electron chi connectivity index (χ2n) is 8.95. The number of rotatable bonds is 5. The number of ether oxygens (including phenoxy) is 1. The summed E-state index contributed by atoms with van der Waals surface area (Å²) in [5, 5.41) is 7.61. The van der Waals surface area contributed by atoms with Crippen molar-refractivity contribution in [1.29, 1.82) is 0 Å². The summed E-state index contributed by atoms with van der Waals surface area (Å²) in [4.78, 5) is 15.9. The van der Waals surface area contributed by atoms with Crippen LogP contribution in [0.2, 0.25) is 0 Å². The van der Waals surface area contributed by atoms with E-state index in [1.54, 1.807) is 11.3 Å². The smallest absolute Gasteiger partial charge is 0.261 e. The highest BCUT2D eigenvalue weighted by Crippen LogP contribution is 2.31. The molecule has 0 bridgehead atoms. The van der Waals surface area contributed by atoms with E-state index < -0.39 is 0 Å². The van der Waals surface area contributed by atoms with Crippen LogP contribution in [0.25, 0.3) is 10.1 Å². The number of carbonyl (C=O) groups excluding carboxylic acids is 1. The highest BCUT2D eigenvalue weighted by Gasteiger charge is 2.22. The van der Waals surface area contributed by atoms with Gasteiger partial charge in [-0.1, -0.05) is 17.7 Å². The number of amides is 1. The van der Waals surface area contributed by atoms with Crippen molar-refractivity contribution in [2.75, 3.05) is 31.1 Å². The molecule has 0 atom stereocenters. The lowest BCUT2D eigenvalue weighted by Crippen LogP contribution is -2.42. The minimum Gasteiger partial charge on any atom is -0.490 e. The third-order valence-electron chi connectivity index (χ3n) is 6.53. The summed E-state index contributed by atoms with van der Waals surface area (Å²) in [6.45, 7) is 6.09. The molecule has 2 saturated heterocycles. The maximum Gasteiger partial charge on any atom is 0.261 e. The molecule has 3 aromatic rings. The fraction of sp³-hybridized carbons (Fsp3) is 0.423. The molecule has 2 N–H and O–H groups in total. The summed E-state index contributed by atoms with van der Waals surface area (Å²) in [5.74, 6) is 0.943. The summed E-state index contributed by atoms with van der Waals surface area (Å²) >= 11 is 1.56. The molecule has 2 aliphatic rings. The van der Waals surface area contributed by atoms with Crippen LogP contribution >= 0.6 is 11.3 Å². The molecule has 3 heterocycles. The molecule has 1 aromatic heterocycles. The zero-order chi connectivity index (χ0) is 21.9. The van der Waals surface area contributed by atoms with Crippen molar-refractivity contribution in [3.05, 3.63) is 59.0 Å². The van der Waals surface area contributed by atoms with Crippen molar-refractivity contribution in [2.45, 2.75) is 44.8 Å². The Bertz CT molecular complexity index is 1060. The van der Waals surface area contributed by atoms with Crippen LogP contribution in [-0.4, -0.2) is 44.2 Å². The van der Waals surface area contributed by atoms with Crippen LogP contribution in [0.4, 0.5) is 5.69 Å². The van der Waals surface area contributed by atoms with E-state index >= 15 is 0 Å². The molecule has 0 spiro atoms. The molecule has 1 amide bonds. The summed E-state index contributed by atoms with van der Waals surface area (Å²) < 4.78 is 7.46. The number of hydrogen-bond acceptors (Lipinski definition) is 5. The average molecular weight is 450 g/mol. The zero-order valence-corrected chi connectivity index (χ0v) is 19.4. The minimum atomic E-state index is 0.0454. The van der Waals surface area contributed by atoms with E-state index in [1.807, 2.05) is 12.1 Å². The zero-order valence-electron chi connectivity index (χ0n) is 18.6. The highest BCUT2D eigenvalue weighted by atomic mass is 32.1. The molecule has 0 radical (unpaired) electrons. The SMILES string of the molecule is Cc1ccc(N2CCC(Oc3ccc4sc(C(=O)NC5CCNCC5)cc4c3)CC2)cc1. The first-order chi connectivity index (χ1) is 15.6. The number of carbonyl (C=O) groups is 1. The first-order valence-corrected chi connectivity index (χ1v) is 12.5. The van der Waals surface area contributed by atoms with Crippen molar-refractivity contribution in [2.24, 2.45) is 0 Å². The van der Waals surface area contributed by atoms with Gasteiger partial charge in [0.05, 0.1) is 4.88 Å². The Morgan fingerprint density at radius 3 is 2.53 bits per heavy atom. The number of nitrogens with one attached hydrogen (secondary N) is 2. The molecule has 0 saturated carbocycles. The summed E-state index contributed by atoms with van der Waals surface area (Å²) in [5.41, 5.74) is 2.59. The van der Waals surface area contributed by atoms with E-state index in [1.165, 1.54) is 11.3 Å². The molecule has 2 fully saturated rings.